The molecule has 0 radical (unpaired) electrons. The quantitative estimate of drug-likeness (QED) is 0.800. The van der Waals surface area contributed by atoms with Crippen LogP contribution in [0.2, 0.25) is 0 Å². The van der Waals surface area contributed by atoms with Gasteiger partial charge in [-0.3, -0.25) is 4.31 Å². The van der Waals surface area contributed by atoms with Gasteiger partial charge in [0.15, 0.2) is 11.5 Å². The lowest BCUT2D eigenvalue weighted by Gasteiger charge is -2.24. The van der Waals surface area contributed by atoms with E-state index in [4.69, 9.17) is 9.47 Å². The number of aryl methyl sites for hydroxylation is 2. The summed E-state index contributed by atoms with van der Waals surface area (Å²) in [5.74, 6) is 0.876. The lowest BCUT2D eigenvalue weighted by atomic mass is 10.1. The van der Waals surface area contributed by atoms with Crippen LogP contribution in [0.15, 0.2) is 41.3 Å². The summed E-state index contributed by atoms with van der Waals surface area (Å²) < 4.78 is 38.0. The van der Waals surface area contributed by atoms with Gasteiger partial charge in [0.1, 0.15) is 0 Å². The van der Waals surface area contributed by atoms with Gasteiger partial charge in [-0.05, 0) is 56.2 Å². The molecule has 0 saturated carbocycles. The van der Waals surface area contributed by atoms with Crippen molar-refractivity contribution >= 4 is 15.7 Å². The number of sulfonamides is 1. The molecule has 0 unspecified atom stereocenters. The van der Waals surface area contributed by atoms with Crippen LogP contribution in [0.5, 0.6) is 11.5 Å². The summed E-state index contributed by atoms with van der Waals surface area (Å²) in [5, 5.41) is 0. The lowest BCUT2D eigenvalue weighted by Crippen LogP contribution is -2.31. The molecule has 0 heterocycles. The highest BCUT2D eigenvalue weighted by Gasteiger charge is 2.25. The zero-order chi connectivity index (χ0) is 17.9. The Hall–Kier alpha value is -2.21. The topological polar surface area (TPSA) is 55.8 Å². The number of rotatable bonds is 6. The van der Waals surface area contributed by atoms with E-state index in [0.717, 1.165) is 11.1 Å². The smallest absolute Gasteiger partial charge is 0.264 e. The lowest BCUT2D eigenvalue weighted by molar-refractivity contribution is 0.354. The molecule has 0 aliphatic carbocycles. The number of hydrogen-bond donors (Lipinski definition) is 0. The van der Waals surface area contributed by atoms with Gasteiger partial charge >= 0.3 is 0 Å². The predicted octanol–water partition coefficient (Wildman–Crippen LogP) is 3.54. The van der Waals surface area contributed by atoms with Crippen LogP contribution in [0, 0.1) is 13.8 Å². The van der Waals surface area contributed by atoms with Gasteiger partial charge in [-0.25, -0.2) is 8.42 Å². The fourth-order valence-corrected chi connectivity index (χ4v) is 4.16. The number of ether oxygens (including phenoxy) is 2. The third kappa shape index (κ3) is 3.48. The first-order chi connectivity index (χ1) is 11.3. The van der Waals surface area contributed by atoms with Crippen LogP contribution in [0.1, 0.15) is 18.1 Å². The minimum atomic E-state index is -3.70. The van der Waals surface area contributed by atoms with Gasteiger partial charge < -0.3 is 9.47 Å². The van der Waals surface area contributed by atoms with Gasteiger partial charge in [-0.1, -0.05) is 6.07 Å². The molecule has 0 aliphatic rings. The molecule has 0 N–H and O–H groups in total. The van der Waals surface area contributed by atoms with E-state index in [1.165, 1.54) is 30.7 Å². The third-order valence-corrected chi connectivity index (χ3v) is 5.62. The minimum absolute atomic E-state index is 0.168. The highest BCUT2D eigenvalue weighted by atomic mass is 32.2. The largest absolute Gasteiger partial charge is 0.493 e. The van der Waals surface area contributed by atoms with E-state index in [9.17, 15) is 8.42 Å². The number of anilines is 1. The van der Waals surface area contributed by atoms with Crippen molar-refractivity contribution in [1.82, 2.24) is 0 Å². The second kappa shape index (κ2) is 7.13. The molecular formula is C18H23NO4S. The Balaban J connectivity index is 2.54. The molecule has 0 atom stereocenters. The van der Waals surface area contributed by atoms with Crippen LogP contribution in [-0.2, 0) is 10.0 Å². The van der Waals surface area contributed by atoms with Crippen molar-refractivity contribution < 1.29 is 17.9 Å². The van der Waals surface area contributed by atoms with E-state index in [2.05, 4.69) is 0 Å². The molecule has 0 aliphatic heterocycles. The van der Waals surface area contributed by atoms with E-state index < -0.39 is 10.0 Å². The van der Waals surface area contributed by atoms with Crippen LogP contribution in [0.4, 0.5) is 5.69 Å². The first-order valence-electron chi connectivity index (χ1n) is 7.66. The van der Waals surface area contributed by atoms with Crippen LogP contribution in [0.25, 0.3) is 0 Å². The average Bonchev–Trinajstić information content (AvgIpc) is 2.53. The number of hydrogen-bond acceptors (Lipinski definition) is 4. The van der Waals surface area contributed by atoms with Crippen molar-refractivity contribution in [2.75, 3.05) is 25.1 Å². The molecule has 2 aromatic rings. The van der Waals surface area contributed by atoms with Crippen LogP contribution >= 0.6 is 0 Å². The van der Waals surface area contributed by atoms with Crippen molar-refractivity contribution in [2.24, 2.45) is 0 Å². The Morgan fingerprint density at radius 2 is 1.50 bits per heavy atom. The summed E-state index contributed by atoms with van der Waals surface area (Å²) in [6.07, 6.45) is 0. The fourth-order valence-electron chi connectivity index (χ4n) is 2.69. The maximum atomic E-state index is 13.1. The monoisotopic (exact) mass is 349 g/mol. The third-order valence-electron chi connectivity index (χ3n) is 3.72. The summed E-state index contributed by atoms with van der Waals surface area (Å²) in [5.41, 5.74) is 2.70. The summed E-state index contributed by atoms with van der Waals surface area (Å²) in [6.45, 7) is 6.05. The molecule has 0 aromatic heterocycles. The Bertz CT molecular complexity index is 811. The predicted molar refractivity (Wildman–Crippen MR) is 95.7 cm³/mol. The van der Waals surface area contributed by atoms with E-state index >= 15 is 0 Å². The van der Waals surface area contributed by atoms with Crippen molar-refractivity contribution in [1.29, 1.82) is 0 Å². The van der Waals surface area contributed by atoms with Gasteiger partial charge in [0.25, 0.3) is 10.0 Å². The maximum absolute atomic E-state index is 13.1. The van der Waals surface area contributed by atoms with E-state index in [1.807, 2.05) is 39.0 Å². The molecule has 2 rings (SSSR count). The summed E-state index contributed by atoms with van der Waals surface area (Å²) in [7, 11) is -0.702. The molecule has 0 saturated heterocycles. The van der Waals surface area contributed by atoms with Gasteiger partial charge in [0.05, 0.1) is 24.8 Å². The molecule has 0 fully saturated rings. The molecule has 130 valence electrons. The van der Waals surface area contributed by atoms with Gasteiger partial charge in [0, 0.05) is 12.6 Å². The Kier molecular flexibility index (Phi) is 5.39. The molecule has 0 spiro atoms. The van der Waals surface area contributed by atoms with Crippen LogP contribution in [0.3, 0.4) is 0 Å². The minimum Gasteiger partial charge on any atom is -0.493 e. The average molecular weight is 349 g/mol. The second-order valence-corrected chi connectivity index (χ2v) is 7.39. The first kappa shape index (κ1) is 18.1. The summed E-state index contributed by atoms with van der Waals surface area (Å²) in [4.78, 5) is 0.168. The first-order valence-corrected chi connectivity index (χ1v) is 9.10. The standard InChI is InChI=1S/C18H23NO4S/c1-6-19(15-10-13(2)9-14(3)11-15)24(20,21)16-7-8-17(22-4)18(12-16)23-5/h7-12H,6H2,1-5H3. The maximum Gasteiger partial charge on any atom is 0.264 e. The number of methoxy groups -OCH3 is 2. The van der Waals surface area contributed by atoms with Crippen molar-refractivity contribution in [2.45, 2.75) is 25.7 Å². The van der Waals surface area contributed by atoms with Gasteiger partial charge in [-0.2, -0.15) is 0 Å². The molecular weight excluding hydrogens is 326 g/mol. The van der Waals surface area contributed by atoms with Crippen molar-refractivity contribution in [3.63, 3.8) is 0 Å². The van der Waals surface area contributed by atoms with Gasteiger partial charge in [0.2, 0.25) is 0 Å². The zero-order valence-electron chi connectivity index (χ0n) is 14.7. The number of benzene rings is 2. The van der Waals surface area contributed by atoms with E-state index in [1.54, 1.807) is 6.07 Å². The molecule has 2 aromatic carbocycles. The Morgan fingerprint density at radius 1 is 0.917 bits per heavy atom. The highest BCUT2D eigenvalue weighted by Crippen LogP contribution is 2.32. The van der Waals surface area contributed by atoms with E-state index in [-0.39, 0.29) is 4.90 Å². The SMILES string of the molecule is CCN(c1cc(C)cc(C)c1)S(=O)(=O)c1ccc(OC)c(OC)c1. The second-order valence-electron chi connectivity index (χ2n) is 5.53. The van der Waals surface area contributed by atoms with Crippen LogP contribution in [-0.4, -0.2) is 29.2 Å². The van der Waals surface area contributed by atoms with Gasteiger partial charge in [-0.15, -0.1) is 0 Å². The van der Waals surface area contributed by atoms with Crippen molar-refractivity contribution in [3.8, 4) is 11.5 Å². The van der Waals surface area contributed by atoms with Crippen molar-refractivity contribution in [3.05, 3.63) is 47.5 Å². The zero-order valence-corrected chi connectivity index (χ0v) is 15.5. The Morgan fingerprint density at radius 3 is 2.00 bits per heavy atom. The summed E-state index contributed by atoms with van der Waals surface area (Å²) in [6, 6.07) is 10.4. The molecule has 6 heteroatoms. The molecule has 24 heavy (non-hydrogen) atoms. The number of nitrogens with zero attached hydrogens (tertiary/aromatic N) is 1. The molecule has 0 amide bonds. The molecule has 5 nitrogen and oxygen atoms in total. The van der Waals surface area contributed by atoms with Crippen LogP contribution < -0.4 is 13.8 Å². The summed E-state index contributed by atoms with van der Waals surface area (Å²) >= 11 is 0. The molecule has 0 bridgehead atoms. The highest BCUT2D eigenvalue weighted by molar-refractivity contribution is 7.92. The fraction of sp³-hybridized carbons (Fsp3) is 0.333. The Labute approximate surface area is 143 Å². The van der Waals surface area contributed by atoms with E-state index in [0.29, 0.717) is 23.7 Å². The normalized spacial score (nSPS) is 11.2.